The van der Waals surface area contributed by atoms with Crippen LogP contribution in [0.1, 0.15) is 47.4 Å². The maximum absolute atomic E-state index is 12.5. The number of nitriles is 1. The molecule has 2 rings (SSSR count). The molecule has 0 saturated carbocycles. The highest BCUT2D eigenvalue weighted by molar-refractivity contribution is 7.80. The van der Waals surface area contributed by atoms with Gasteiger partial charge in [0.2, 0.25) is 0 Å². The second-order valence-corrected chi connectivity index (χ2v) is 7.46. The maximum Gasteiger partial charge on any atom is 0.287 e. The minimum absolute atomic E-state index is 0.0171. The summed E-state index contributed by atoms with van der Waals surface area (Å²) in [4.78, 5) is 24.9. The fourth-order valence-corrected chi connectivity index (χ4v) is 2.79. The van der Waals surface area contributed by atoms with E-state index in [2.05, 4.69) is 24.6 Å². The fraction of sp³-hybridized carbons (Fsp3) is 0.333. The summed E-state index contributed by atoms with van der Waals surface area (Å²) in [5.74, 6) is 0.691. The summed E-state index contributed by atoms with van der Waals surface area (Å²) in [7, 11) is 0. The first-order valence-electron chi connectivity index (χ1n) is 9.21. The van der Waals surface area contributed by atoms with Crippen LogP contribution in [0.25, 0.3) is 0 Å². The average molecular weight is 413 g/mol. The van der Waals surface area contributed by atoms with E-state index < -0.39 is 11.5 Å². The van der Waals surface area contributed by atoms with Crippen LogP contribution in [-0.2, 0) is 0 Å². The molecule has 1 aromatic carbocycles. The maximum atomic E-state index is 12.5. The summed E-state index contributed by atoms with van der Waals surface area (Å²) in [6, 6.07) is 10.4. The number of ether oxygens (including phenoxy) is 1. The second-order valence-electron chi connectivity index (χ2n) is 7.05. The highest BCUT2D eigenvalue weighted by atomic mass is 32.1. The summed E-state index contributed by atoms with van der Waals surface area (Å²) in [6.45, 7) is 8.18. The standard InChI is InChI=1S/C21H24N4O3S/c1-13(2)8-9-28-17-7-5-6-16(11-17)19(26)23-21(29)24-25-15(4)10-14(3)18(12-22)20(25)27/h5-7,10-11,13H,8-9H2,1-4H3,(H2,23,24,26,29). The Balaban J connectivity index is 2.08. The van der Waals surface area contributed by atoms with Crippen molar-refractivity contribution in [2.24, 2.45) is 5.92 Å². The predicted molar refractivity (Wildman–Crippen MR) is 116 cm³/mol. The number of nitrogens with zero attached hydrogens (tertiary/aromatic N) is 2. The molecular weight excluding hydrogens is 388 g/mol. The first kappa shape index (κ1) is 22.1. The lowest BCUT2D eigenvalue weighted by Crippen LogP contribution is -2.43. The Hall–Kier alpha value is -3.18. The highest BCUT2D eigenvalue weighted by Crippen LogP contribution is 2.14. The zero-order valence-electron chi connectivity index (χ0n) is 16.9. The molecule has 0 aliphatic rings. The van der Waals surface area contributed by atoms with Crippen molar-refractivity contribution < 1.29 is 9.53 Å². The Morgan fingerprint density at radius 3 is 2.69 bits per heavy atom. The van der Waals surface area contributed by atoms with Gasteiger partial charge in [0.25, 0.3) is 11.5 Å². The number of thiocarbonyl (C=S) groups is 1. The quantitative estimate of drug-likeness (QED) is 0.708. The van der Waals surface area contributed by atoms with Crippen molar-refractivity contribution >= 4 is 23.2 Å². The van der Waals surface area contributed by atoms with Gasteiger partial charge in [0.15, 0.2) is 5.11 Å². The fourth-order valence-electron chi connectivity index (χ4n) is 2.61. The lowest BCUT2D eigenvalue weighted by Gasteiger charge is -2.15. The van der Waals surface area contributed by atoms with E-state index in [1.54, 1.807) is 44.2 Å². The number of carbonyl (C=O) groups is 1. The summed E-state index contributed by atoms with van der Waals surface area (Å²) >= 11 is 5.16. The van der Waals surface area contributed by atoms with Crippen LogP contribution in [-0.4, -0.2) is 22.3 Å². The molecular formula is C21H24N4O3S. The molecule has 8 heteroatoms. The van der Waals surface area contributed by atoms with Crippen molar-refractivity contribution in [1.82, 2.24) is 9.99 Å². The molecule has 152 valence electrons. The van der Waals surface area contributed by atoms with Gasteiger partial charge in [0, 0.05) is 11.3 Å². The van der Waals surface area contributed by atoms with E-state index >= 15 is 0 Å². The summed E-state index contributed by atoms with van der Waals surface area (Å²) in [5.41, 5.74) is 3.67. The Morgan fingerprint density at radius 2 is 2.03 bits per heavy atom. The van der Waals surface area contributed by atoms with Gasteiger partial charge in [-0.3, -0.25) is 20.3 Å². The van der Waals surface area contributed by atoms with E-state index in [0.29, 0.717) is 35.1 Å². The molecule has 2 N–H and O–H groups in total. The largest absolute Gasteiger partial charge is 0.494 e. The van der Waals surface area contributed by atoms with Gasteiger partial charge >= 0.3 is 0 Å². The number of hydrogen-bond acceptors (Lipinski definition) is 5. The van der Waals surface area contributed by atoms with Crippen molar-refractivity contribution in [2.45, 2.75) is 34.1 Å². The smallest absolute Gasteiger partial charge is 0.287 e. The van der Waals surface area contributed by atoms with Crippen molar-refractivity contribution in [3.05, 3.63) is 63.1 Å². The molecule has 2 aromatic rings. The van der Waals surface area contributed by atoms with E-state index in [9.17, 15) is 9.59 Å². The van der Waals surface area contributed by atoms with Crippen LogP contribution >= 0.6 is 12.2 Å². The van der Waals surface area contributed by atoms with Crippen LogP contribution in [0.2, 0.25) is 0 Å². The molecule has 0 radical (unpaired) electrons. The van der Waals surface area contributed by atoms with E-state index in [1.807, 2.05) is 6.07 Å². The van der Waals surface area contributed by atoms with Gasteiger partial charge in [-0.25, -0.2) is 4.68 Å². The zero-order valence-corrected chi connectivity index (χ0v) is 17.7. The van der Waals surface area contributed by atoms with Crippen LogP contribution in [0.5, 0.6) is 5.75 Å². The molecule has 0 aliphatic carbocycles. The average Bonchev–Trinajstić information content (AvgIpc) is 2.65. The van der Waals surface area contributed by atoms with Gasteiger partial charge in [-0.05, 0) is 68.2 Å². The van der Waals surface area contributed by atoms with E-state index in [1.165, 1.54) is 0 Å². The highest BCUT2D eigenvalue weighted by Gasteiger charge is 2.13. The lowest BCUT2D eigenvalue weighted by molar-refractivity contribution is 0.0977. The Labute approximate surface area is 175 Å². The third-order valence-electron chi connectivity index (χ3n) is 4.20. The van der Waals surface area contributed by atoms with E-state index in [0.717, 1.165) is 11.1 Å². The van der Waals surface area contributed by atoms with Crippen LogP contribution in [0.15, 0.2) is 35.1 Å². The molecule has 1 heterocycles. The van der Waals surface area contributed by atoms with Crippen LogP contribution in [0.4, 0.5) is 0 Å². The number of hydrogen-bond donors (Lipinski definition) is 2. The summed E-state index contributed by atoms with van der Waals surface area (Å²) in [6.07, 6.45) is 0.916. The number of nitrogens with one attached hydrogen (secondary N) is 2. The molecule has 0 atom stereocenters. The van der Waals surface area contributed by atoms with Crippen LogP contribution < -0.4 is 21.0 Å². The van der Waals surface area contributed by atoms with Crippen LogP contribution in [0.3, 0.4) is 0 Å². The van der Waals surface area contributed by atoms with Crippen molar-refractivity contribution in [2.75, 3.05) is 12.0 Å². The van der Waals surface area contributed by atoms with Gasteiger partial charge in [0.05, 0.1) is 6.61 Å². The van der Waals surface area contributed by atoms with E-state index in [-0.39, 0.29) is 10.7 Å². The molecule has 0 spiro atoms. The monoisotopic (exact) mass is 412 g/mol. The number of aromatic nitrogens is 1. The van der Waals surface area contributed by atoms with Gasteiger partial charge in [0.1, 0.15) is 17.4 Å². The predicted octanol–water partition coefficient (Wildman–Crippen LogP) is 3.02. The summed E-state index contributed by atoms with van der Waals surface area (Å²) in [5, 5.41) is 11.6. The van der Waals surface area contributed by atoms with Gasteiger partial charge in [-0.15, -0.1) is 0 Å². The number of amides is 1. The molecule has 0 fully saturated rings. The minimum atomic E-state index is -0.526. The number of benzene rings is 1. The van der Waals surface area contributed by atoms with Gasteiger partial charge in [-0.2, -0.15) is 5.26 Å². The number of rotatable bonds is 6. The number of pyridine rings is 1. The number of carbonyl (C=O) groups excluding carboxylic acids is 1. The van der Waals surface area contributed by atoms with Crippen molar-refractivity contribution in [3.63, 3.8) is 0 Å². The first-order valence-corrected chi connectivity index (χ1v) is 9.62. The normalized spacial score (nSPS) is 10.3. The van der Waals surface area contributed by atoms with Crippen LogP contribution in [0, 0.1) is 31.1 Å². The molecule has 1 aromatic heterocycles. The first-order chi connectivity index (χ1) is 13.7. The topological polar surface area (TPSA) is 96.2 Å². The Kier molecular flexibility index (Phi) is 7.51. The molecule has 0 unspecified atom stereocenters. The molecule has 0 saturated heterocycles. The van der Waals surface area contributed by atoms with Gasteiger partial charge < -0.3 is 4.74 Å². The molecule has 29 heavy (non-hydrogen) atoms. The van der Waals surface area contributed by atoms with Crippen molar-refractivity contribution in [3.8, 4) is 11.8 Å². The summed E-state index contributed by atoms with van der Waals surface area (Å²) < 4.78 is 6.81. The molecule has 0 aliphatic heterocycles. The zero-order chi connectivity index (χ0) is 21.6. The third-order valence-corrected chi connectivity index (χ3v) is 4.40. The SMILES string of the molecule is Cc1cc(C)n(NC(=S)NC(=O)c2cccc(OCCC(C)C)c2)c(=O)c1C#N. The Morgan fingerprint density at radius 1 is 1.31 bits per heavy atom. The minimum Gasteiger partial charge on any atom is -0.494 e. The molecule has 0 bridgehead atoms. The molecule has 1 amide bonds. The van der Waals surface area contributed by atoms with E-state index in [4.69, 9.17) is 22.2 Å². The Bertz CT molecular complexity index is 1020. The van der Waals surface area contributed by atoms with Gasteiger partial charge in [-0.1, -0.05) is 19.9 Å². The number of aryl methyl sites for hydroxylation is 2. The second kappa shape index (κ2) is 9.85. The lowest BCUT2D eigenvalue weighted by atomic mass is 10.1. The third kappa shape index (κ3) is 5.90. The van der Waals surface area contributed by atoms with Crippen molar-refractivity contribution in [1.29, 1.82) is 5.26 Å². The molecule has 7 nitrogen and oxygen atoms in total.